The molecule has 2 aliphatic heterocycles. The van der Waals surface area contributed by atoms with Crippen molar-refractivity contribution in [3.05, 3.63) is 177 Å². The number of aliphatic carboxylic acids is 1. The summed E-state index contributed by atoms with van der Waals surface area (Å²) in [5.41, 5.74) is 8.61. The van der Waals surface area contributed by atoms with Gasteiger partial charge in [0.25, 0.3) is 5.91 Å². The van der Waals surface area contributed by atoms with Crippen molar-refractivity contribution in [2.24, 2.45) is 0 Å². The van der Waals surface area contributed by atoms with E-state index in [1.807, 2.05) is 72.5 Å². The van der Waals surface area contributed by atoms with Crippen molar-refractivity contribution in [1.82, 2.24) is 15.2 Å². The Bertz CT molecular complexity index is 2500. The second-order valence-corrected chi connectivity index (χ2v) is 15.6. The molecule has 0 radical (unpaired) electrons. The van der Waals surface area contributed by atoms with E-state index in [2.05, 4.69) is 39.9 Å². The van der Waals surface area contributed by atoms with Gasteiger partial charge in [0.1, 0.15) is 24.1 Å². The van der Waals surface area contributed by atoms with Crippen LogP contribution in [0.25, 0.3) is 11.1 Å². The molecule has 0 aliphatic carbocycles. The van der Waals surface area contributed by atoms with Gasteiger partial charge in [-0.3, -0.25) is 19.5 Å². The lowest BCUT2D eigenvalue weighted by Crippen LogP contribution is -2.54. The first-order chi connectivity index (χ1) is 28.6. The number of rotatable bonds is 12. The number of nitrogens with one attached hydrogen (secondary N) is 2. The van der Waals surface area contributed by atoms with E-state index in [0.29, 0.717) is 52.5 Å². The minimum absolute atomic E-state index is 0.116. The summed E-state index contributed by atoms with van der Waals surface area (Å²) in [5.74, 6) is -0.743. The molecular formula is C47H40Cl2N4O6. The summed E-state index contributed by atoms with van der Waals surface area (Å²) in [6, 6.07) is 35.9. The number of carboxylic acid groups (broad SMARTS) is 1. The van der Waals surface area contributed by atoms with Gasteiger partial charge in [0, 0.05) is 31.3 Å². The average Bonchev–Trinajstić information content (AvgIpc) is 3.24. The maximum atomic E-state index is 14.1. The molecule has 8 rings (SSSR count). The summed E-state index contributed by atoms with van der Waals surface area (Å²) in [6.45, 7) is 3.05. The molecule has 1 aromatic heterocycles. The molecule has 6 aromatic rings. The third-order valence-corrected chi connectivity index (χ3v) is 11.4. The number of hydrogen-bond donors (Lipinski definition) is 3. The van der Waals surface area contributed by atoms with Crippen LogP contribution >= 0.6 is 23.2 Å². The van der Waals surface area contributed by atoms with E-state index in [1.54, 1.807) is 42.6 Å². The highest BCUT2D eigenvalue weighted by molar-refractivity contribution is 6.42. The zero-order valence-corrected chi connectivity index (χ0v) is 33.5. The van der Waals surface area contributed by atoms with Gasteiger partial charge in [-0.1, -0.05) is 102 Å². The van der Waals surface area contributed by atoms with E-state index in [-0.39, 0.29) is 18.7 Å². The van der Waals surface area contributed by atoms with Gasteiger partial charge in [-0.05, 0) is 95.3 Å². The third-order valence-electron chi connectivity index (χ3n) is 10.6. The summed E-state index contributed by atoms with van der Waals surface area (Å²) >= 11 is 12.2. The highest BCUT2D eigenvalue weighted by Crippen LogP contribution is 2.40. The Morgan fingerprint density at radius 3 is 2.32 bits per heavy atom. The van der Waals surface area contributed by atoms with Crippen molar-refractivity contribution < 1.29 is 29.0 Å². The van der Waals surface area contributed by atoms with E-state index in [1.165, 1.54) is 5.56 Å². The number of fused-ring (bicyclic) bond motifs is 2. The second-order valence-electron chi connectivity index (χ2n) is 14.8. The fourth-order valence-corrected chi connectivity index (χ4v) is 7.73. The number of carbonyl (C=O) groups excluding carboxylic acids is 2. The number of anilines is 1. The summed E-state index contributed by atoms with van der Waals surface area (Å²) in [5, 5.41) is 17.0. The zero-order chi connectivity index (χ0) is 41.0. The standard InChI is InChI=1S/C47H40Cl2N4O6/c1-28-5-10-31(11-6-28)32-12-7-29(8-13-32)21-41(47(56)57)52-45(54)42-23-34-22-40-43(24-35(34)25-53(42)26-36-4-2-3-19-50-36)59-44(46(55)51-40)33-14-16-37(17-15-33)58-27-30-9-18-38(48)39(49)20-30/h2-20,22,24,41-42,44H,21,23,25-27H2,1H3,(H,51,55)(H,52,54)(H,56,57)/t41-,42?,44?/m0/s1. The molecule has 5 aromatic carbocycles. The minimum atomic E-state index is -1.15. The molecule has 0 fully saturated rings. The smallest absolute Gasteiger partial charge is 0.326 e. The highest BCUT2D eigenvalue weighted by atomic mass is 35.5. The topological polar surface area (TPSA) is 130 Å². The predicted molar refractivity (Wildman–Crippen MR) is 227 cm³/mol. The fraction of sp³-hybridized carbons (Fsp3) is 0.191. The summed E-state index contributed by atoms with van der Waals surface area (Å²) in [4.78, 5) is 46.6. The van der Waals surface area contributed by atoms with Gasteiger partial charge in [0.05, 0.1) is 27.5 Å². The molecule has 0 saturated carbocycles. The van der Waals surface area contributed by atoms with Gasteiger partial charge in [-0.15, -0.1) is 0 Å². The van der Waals surface area contributed by atoms with E-state index in [9.17, 15) is 19.5 Å². The number of nitrogens with zero attached hydrogens (tertiary/aromatic N) is 2. The van der Waals surface area contributed by atoms with Gasteiger partial charge in [-0.2, -0.15) is 0 Å². The summed E-state index contributed by atoms with van der Waals surface area (Å²) < 4.78 is 12.3. The number of hydrogen-bond acceptors (Lipinski definition) is 7. The third kappa shape index (κ3) is 9.26. The van der Waals surface area contributed by atoms with E-state index >= 15 is 0 Å². The Kier molecular flexibility index (Phi) is 11.6. The quantitative estimate of drug-likeness (QED) is 0.112. The molecule has 2 unspecified atom stereocenters. The van der Waals surface area contributed by atoms with Crippen molar-refractivity contribution in [1.29, 1.82) is 0 Å². The van der Waals surface area contributed by atoms with Gasteiger partial charge in [0.2, 0.25) is 12.0 Å². The maximum Gasteiger partial charge on any atom is 0.326 e. The molecule has 0 spiro atoms. The minimum Gasteiger partial charge on any atom is -0.489 e. The second kappa shape index (κ2) is 17.3. The van der Waals surface area contributed by atoms with Crippen LogP contribution in [0.15, 0.2) is 128 Å². The zero-order valence-electron chi connectivity index (χ0n) is 32.0. The van der Waals surface area contributed by atoms with Crippen LogP contribution in [0.4, 0.5) is 5.69 Å². The van der Waals surface area contributed by atoms with E-state index in [0.717, 1.165) is 39.1 Å². The number of halogens is 2. The van der Waals surface area contributed by atoms with Crippen LogP contribution in [0.1, 0.15) is 45.2 Å². The lowest BCUT2D eigenvalue weighted by molar-refractivity contribution is -0.142. The molecule has 3 atom stereocenters. The summed E-state index contributed by atoms with van der Waals surface area (Å²) in [6.07, 6.45) is 1.20. The van der Waals surface area contributed by atoms with Gasteiger partial charge in [0.15, 0.2) is 0 Å². The van der Waals surface area contributed by atoms with Crippen molar-refractivity contribution in [3.63, 3.8) is 0 Å². The van der Waals surface area contributed by atoms with E-state index in [4.69, 9.17) is 32.7 Å². The molecule has 0 saturated heterocycles. The fourth-order valence-electron chi connectivity index (χ4n) is 7.41. The number of ether oxygens (including phenoxy) is 2. The van der Waals surface area contributed by atoms with Crippen LogP contribution in [-0.2, 0) is 46.9 Å². The average molecular weight is 828 g/mol. The van der Waals surface area contributed by atoms with Gasteiger partial charge < -0.3 is 25.2 Å². The number of aromatic nitrogens is 1. The molecule has 59 heavy (non-hydrogen) atoms. The molecule has 12 heteroatoms. The molecule has 10 nitrogen and oxygen atoms in total. The maximum absolute atomic E-state index is 14.1. The molecule has 2 amide bonds. The predicted octanol–water partition coefficient (Wildman–Crippen LogP) is 8.75. The molecular weight excluding hydrogens is 787 g/mol. The lowest BCUT2D eigenvalue weighted by Gasteiger charge is -2.37. The number of pyridine rings is 1. The molecule has 3 N–H and O–H groups in total. The number of carboxylic acids is 1. The Labute approximate surface area is 351 Å². The van der Waals surface area contributed by atoms with Crippen LogP contribution in [0.2, 0.25) is 10.0 Å². The number of carbonyl (C=O) groups is 3. The first-order valence-corrected chi connectivity index (χ1v) is 19.9. The Balaban J connectivity index is 0.975. The highest BCUT2D eigenvalue weighted by Gasteiger charge is 2.37. The Morgan fingerprint density at radius 1 is 0.898 bits per heavy atom. The SMILES string of the molecule is Cc1ccc(-c2ccc(C[C@H](NC(=O)C3Cc4cc5c(cc4CN3Cc3ccccn3)OC(c3ccc(OCc4ccc(Cl)c(Cl)c4)cc3)C(=O)N5)C(=O)O)cc2)cc1. The van der Waals surface area contributed by atoms with Crippen molar-refractivity contribution in [3.8, 4) is 22.6 Å². The first kappa shape index (κ1) is 39.6. The normalized spacial score (nSPS) is 16.5. The van der Waals surface area contributed by atoms with Crippen LogP contribution < -0.4 is 20.1 Å². The molecule has 0 bridgehead atoms. The molecule has 3 heterocycles. The van der Waals surface area contributed by atoms with Gasteiger partial charge in [-0.25, -0.2) is 4.79 Å². The van der Waals surface area contributed by atoms with Crippen molar-refractivity contribution >= 4 is 46.7 Å². The Morgan fingerprint density at radius 2 is 1.63 bits per heavy atom. The van der Waals surface area contributed by atoms with E-state index < -0.39 is 30.1 Å². The monoisotopic (exact) mass is 826 g/mol. The number of aryl methyl sites for hydroxylation is 1. The van der Waals surface area contributed by atoms with Crippen molar-refractivity contribution in [2.75, 3.05) is 5.32 Å². The van der Waals surface area contributed by atoms with Crippen LogP contribution in [0.5, 0.6) is 11.5 Å². The lowest BCUT2D eigenvalue weighted by atomic mass is 9.91. The Hall–Kier alpha value is -6.20. The van der Waals surface area contributed by atoms with Crippen LogP contribution in [-0.4, -0.2) is 44.9 Å². The molecule has 298 valence electrons. The van der Waals surface area contributed by atoms with Crippen LogP contribution in [0.3, 0.4) is 0 Å². The molecule has 2 aliphatic rings. The first-order valence-electron chi connectivity index (χ1n) is 19.2. The largest absolute Gasteiger partial charge is 0.489 e. The number of benzene rings is 5. The summed E-state index contributed by atoms with van der Waals surface area (Å²) in [7, 11) is 0. The van der Waals surface area contributed by atoms with Crippen LogP contribution in [0, 0.1) is 6.92 Å². The number of amides is 2. The van der Waals surface area contributed by atoms with Crippen molar-refractivity contribution in [2.45, 2.75) is 57.6 Å². The van der Waals surface area contributed by atoms with Gasteiger partial charge >= 0.3 is 5.97 Å².